The van der Waals surface area contributed by atoms with Gasteiger partial charge in [0.1, 0.15) is 4.23 Å². The molecule has 0 bridgehead atoms. The largest absolute Gasteiger partial charge is 0.253 e. The van der Waals surface area contributed by atoms with Crippen LogP contribution in [-0.4, -0.2) is 33.6 Å². The molecule has 4 unspecified atom stereocenters. The van der Waals surface area contributed by atoms with Crippen LogP contribution in [0.2, 0.25) is 0 Å². The van der Waals surface area contributed by atoms with Gasteiger partial charge in [0.25, 0.3) is 10.0 Å². The van der Waals surface area contributed by atoms with E-state index in [0.717, 1.165) is 0 Å². The normalized spacial score (nSPS) is 18.5. The Morgan fingerprint density at radius 1 is 1.13 bits per heavy atom. The lowest BCUT2D eigenvalue weighted by molar-refractivity contribution is 0.471. The zero-order chi connectivity index (χ0) is 12.7. The molecule has 0 aromatic carbocycles. The van der Waals surface area contributed by atoms with Gasteiger partial charge >= 0.3 is 0 Å². The zero-order valence-electron chi connectivity index (χ0n) is 7.64. The molecule has 0 spiro atoms. The summed E-state index contributed by atoms with van der Waals surface area (Å²) < 4.78 is 54.2. The first-order chi connectivity index (χ1) is 6.21. The number of rotatable bonds is 4. The van der Waals surface area contributed by atoms with Crippen molar-refractivity contribution < 1.29 is 21.2 Å². The highest BCUT2D eigenvalue weighted by molar-refractivity contribution is 8.11. The van der Waals surface area contributed by atoms with Gasteiger partial charge in [-0.15, -0.1) is 22.6 Å². The van der Waals surface area contributed by atoms with Crippen molar-refractivity contribution in [1.29, 1.82) is 0 Å². The molecule has 0 heterocycles. The van der Waals surface area contributed by atoms with E-state index in [0.29, 0.717) is 0 Å². The van der Waals surface area contributed by atoms with E-state index in [1.807, 2.05) is 18.5 Å². The second-order valence-electron chi connectivity index (χ2n) is 2.97. The minimum Gasteiger partial charge on any atom is -0.232 e. The van der Waals surface area contributed by atoms with Crippen LogP contribution in [0.15, 0.2) is 0 Å². The van der Waals surface area contributed by atoms with Gasteiger partial charge in [-0.1, -0.05) is 9.24 Å². The van der Waals surface area contributed by atoms with Crippen molar-refractivity contribution in [2.75, 3.05) is 0 Å². The average molecular weight is 311 g/mol. The third-order valence-corrected chi connectivity index (χ3v) is 7.74. The minimum atomic E-state index is -4.83. The Hall–Kier alpha value is 1.14. The average Bonchev–Trinajstić information content (AvgIpc) is 1.77. The number of nitrogens with one attached hydrogen (secondary N) is 1. The Labute approximate surface area is 96.8 Å². The first kappa shape index (κ1) is 16.1. The van der Waals surface area contributed by atoms with E-state index in [9.17, 15) is 21.2 Å². The third-order valence-electron chi connectivity index (χ3n) is 1.21. The van der Waals surface area contributed by atoms with Gasteiger partial charge < -0.3 is 0 Å². The van der Waals surface area contributed by atoms with Crippen molar-refractivity contribution in [2.45, 2.75) is 15.8 Å². The molecule has 0 aliphatic heterocycles. The molecule has 12 heteroatoms. The maximum Gasteiger partial charge on any atom is 0.253 e. The van der Waals surface area contributed by atoms with Crippen molar-refractivity contribution in [3.8, 4) is 0 Å². The second-order valence-corrected chi connectivity index (χ2v) is 12.3. The molecule has 0 aliphatic carbocycles. The Morgan fingerprint density at radius 2 is 1.47 bits per heavy atom. The fourth-order valence-electron chi connectivity index (χ4n) is 0.298. The molecular formula is C3H10BFNO4P3S2. The minimum absolute atomic E-state index is 1.19. The summed E-state index contributed by atoms with van der Waals surface area (Å²) in [5, 5.41) is 0. The summed E-state index contributed by atoms with van der Waals surface area (Å²) >= 11 is 0. The molecule has 15 heavy (non-hydrogen) atoms. The topological polar surface area (TPSA) is 80.3 Å². The lowest BCUT2D eigenvalue weighted by atomic mass is 10.2. The molecular weight excluding hydrogens is 301 g/mol. The van der Waals surface area contributed by atoms with Crippen molar-refractivity contribution in [2.24, 2.45) is 0 Å². The van der Waals surface area contributed by atoms with Crippen LogP contribution >= 0.6 is 27.7 Å². The predicted octanol–water partition coefficient (Wildman–Crippen LogP) is -0.716. The molecule has 2 radical (unpaired) electrons. The van der Waals surface area contributed by atoms with Gasteiger partial charge in [-0.2, -0.15) is 0 Å². The summed E-state index contributed by atoms with van der Waals surface area (Å²) in [5.41, 5.74) is 0. The molecule has 1 N–H and O–H groups in total. The molecule has 0 aromatic heterocycles. The van der Waals surface area contributed by atoms with Gasteiger partial charge in [-0.3, -0.25) is 0 Å². The molecule has 0 aliphatic rings. The molecule has 0 saturated carbocycles. The van der Waals surface area contributed by atoms with Crippen LogP contribution in [0.3, 0.4) is 0 Å². The summed E-state index contributed by atoms with van der Waals surface area (Å²) in [7, 11) is 0.471. The van der Waals surface area contributed by atoms with E-state index in [-0.39, 0.29) is 0 Å². The zero-order valence-corrected chi connectivity index (χ0v) is 12.7. The fourth-order valence-corrected chi connectivity index (χ4v) is 3.98. The van der Waals surface area contributed by atoms with Crippen LogP contribution in [0.25, 0.3) is 0 Å². The summed E-state index contributed by atoms with van der Waals surface area (Å²) in [6.07, 6.45) is 0. The molecule has 88 valence electrons. The predicted molar refractivity (Wildman–Crippen MR) is 68.1 cm³/mol. The molecule has 5 nitrogen and oxygen atoms in total. The van der Waals surface area contributed by atoms with Crippen LogP contribution < -0.4 is 4.13 Å². The highest BCUT2D eigenvalue weighted by Gasteiger charge is 2.41. The van der Waals surface area contributed by atoms with Crippen LogP contribution in [-0.2, 0) is 20.0 Å². The molecule has 4 atom stereocenters. The van der Waals surface area contributed by atoms with Gasteiger partial charge in [0, 0.05) is 0 Å². The quantitative estimate of drug-likeness (QED) is 0.549. The first-order valence-corrected chi connectivity index (χ1v) is 8.03. The van der Waals surface area contributed by atoms with Gasteiger partial charge in [-0.05, 0) is 6.92 Å². The smallest absolute Gasteiger partial charge is 0.232 e. The molecule has 0 rings (SSSR count). The van der Waals surface area contributed by atoms with Crippen molar-refractivity contribution in [3.63, 3.8) is 0 Å². The SMILES string of the molecule is [B]C(F)(P)S(=O)(=O)NS(=O)(=O)C(C)(P)P. The first-order valence-electron chi connectivity index (χ1n) is 3.33. The van der Waals surface area contributed by atoms with Crippen LogP contribution in [0.4, 0.5) is 4.39 Å². The van der Waals surface area contributed by atoms with E-state index >= 15 is 0 Å². The lowest BCUT2D eigenvalue weighted by Gasteiger charge is -2.22. The van der Waals surface area contributed by atoms with E-state index in [1.165, 1.54) is 20.3 Å². The third kappa shape index (κ3) is 4.14. The Balaban J connectivity index is 5.28. The van der Waals surface area contributed by atoms with Crippen molar-refractivity contribution in [3.05, 3.63) is 0 Å². The monoisotopic (exact) mass is 311 g/mol. The van der Waals surface area contributed by atoms with Gasteiger partial charge in [0.2, 0.25) is 10.0 Å². The second kappa shape index (κ2) is 4.43. The van der Waals surface area contributed by atoms with Crippen molar-refractivity contribution in [1.82, 2.24) is 4.13 Å². The van der Waals surface area contributed by atoms with Gasteiger partial charge in [0.15, 0.2) is 12.5 Å². The number of halogens is 1. The maximum absolute atomic E-state index is 12.9. The van der Waals surface area contributed by atoms with Gasteiger partial charge in [0.05, 0.1) is 0 Å². The maximum atomic E-state index is 12.9. The summed E-state index contributed by atoms with van der Waals surface area (Å²) in [5.74, 6) is 0. The Bertz CT molecular complexity index is 393. The van der Waals surface area contributed by atoms with Crippen LogP contribution in [0, 0.1) is 0 Å². The van der Waals surface area contributed by atoms with Crippen molar-refractivity contribution >= 4 is 55.6 Å². The molecule has 0 fully saturated rings. The Kier molecular flexibility index (Phi) is 4.77. The summed E-state index contributed by atoms with van der Waals surface area (Å²) in [6, 6.07) is 0. The van der Waals surface area contributed by atoms with E-state index in [2.05, 4.69) is 7.85 Å². The highest BCUT2D eigenvalue weighted by Crippen LogP contribution is 2.33. The Morgan fingerprint density at radius 3 is 1.67 bits per heavy atom. The lowest BCUT2D eigenvalue weighted by Crippen LogP contribution is -2.46. The van der Waals surface area contributed by atoms with E-state index < -0.39 is 28.9 Å². The highest BCUT2D eigenvalue weighted by atomic mass is 32.3. The van der Waals surface area contributed by atoms with E-state index in [4.69, 9.17) is 0 Å². The van der Waals surface area contributed by atoms with Crippen LogP contribution in [0.5, 0.6) is 0 Å². The number of hydrogen-bond donors (Lipinski definition) is 1. The number of sulfonamides is 2. The summed E-state index contributed by atoms with van der Waals surface area (Å²) in [4.78, 5) is 0. The van der Waals surface area contributed by atoms with E-state index in [1.54, 1.807) is 0 Å². The fraction of sp³-hybridized carbons (Fsp3) is 1.00. The van der Waals surface area contributed by atoms with Gasteiger partial charge in [-0.25, -0.2) is 21.2 Å². The molecule has 0 aromatic rings. The number of hydrogen-bond acceptors (Lipinski definition) is 4. The standard InChI is InChI=1S/C3H10BFNO4P3S2/c1-2(11,12)14(7,8)6-15(9,10)3(4,5)13/h6H,11-13H2,1H3. The summed E-state index contributed by atoms with van der Waals surface area (Å²) in [6.45, 7) is 1.19. The molecule has 0 amide bonds. The molecule has 0 saturated heterocycles. The number of alkyl halides is 1. The van der Waals surface area contributed by atoms with Crippen LogP contribution in [0.1, 0.15) is 6.92 Å².